The summed E-state index contributed by atoms with van der Waals surface area (Å²) in [5.74, 6) is -0.160. The van der Waals surface area contributed by atoms with E-state index in [2.05, 4.69) is 4.90 Å². The highest BCUT2D eigenvalue weighted by Gasteiger charge is 2.26. The molecule has 0 spiro atoms. The van der Waals surface area contributed by atoms with E-state index in [9.17, 15) is 9.18 Å². The Kier molecular flexibility index (Phi) is 4.60. The number of piperazine rings is 1. The van der Waals surface area contributed by atoms with Crippen LogP contribution in [0.25, 0.3) is 0 Å². The summed E-state index contributed by atoms with van der Waals surface area (Å²) in [7, 11) is 3.52. The molecule has 0 saturated carbocycles. The van der Waals surface area contributed by atoms with Crippen molar-refractivity contribution >= 4 is 6.03 Å². The molecule has 5 heteroatoms. The number of rotatable bonds is 2. The lowest BCUT2D eigenvalue weighted by Gasteiger charge is -2.39. The molecule has 1 heterocycles. The molecule has 0 aliphatic carbocycles. The van der Waals surface area contributed by atoms with Crippen molar-refractivity contribution in [2.24, 2.45) is 0 Å². The van der Waals surface area contributed by atoms with Gasteiger partial charge in [-0.2, -0.15) is 0 Å². The van der Waals surface area contributed by atoms with E-state index in [0.29, 0.717) is 13.1 Å². The Morgan fingerprint density at radius 3 is 2.35 bits per heavy atom. The molecule has 1 saturated heterocycles. The van der Waals surface area contributed by atoms with E-state index < -0.39 is 0 Å². The Balaban J connectivity index is 1.97. The Bertz CT molecular complexity index is 470. The maximum absolute atomic E-state index is 13.8. The average molecular weight is 279 g/mol. The Labute approximate surface area is 119 Å². The molecule has 1 unspecified atom stereocenters. The summed E-state index contributed by atoms with van der Waals surface area (Å²) in [6.45, 7) is 4.94. The summed E-state index contributed by atoms with van der Waals surface area (Å²) in [4.78, 5) is 17.5. The van der Waals surface area contributed by atoms with Crippen molar-refractivity contribution in [2.75, 3.05) is 40.3 Å². The van der Waals surface area contributed by atoms with E-state index in [0.717, 1.165) is 18.7 Å². The van der Waals surface area contributed by atoms with Crippen LogP contribution in [0, 0.1) is 5.82 Å². The summed E-state index contributed by atoms with van der Waals surface area (Å²) in [6, 6.07) is 6.98. The van der Waals surface area contributed by atoms with Crippen LogP contribution in [-0.2, 0) is 0 Å². The Morgan fingerprint density at radius 2 is 1.80 bits per heavy atom. The molecule has 0 radical (unpaired) electrons. The number of hydrogen-bond donors (Lipinski definition) is 0. The first kappa shape index (κ1) is 14.8. The molecule has 1 fully saturated rings. The molecule has 1 aliphatic heterocycles. The van der Waals surface area contributed by atoms with E-state index in [4.69, 9.17) is 0 Å². The van der Waals surface area contributed by atoms with Crippen LogP contribution in [0.3, 0.4) is 0 Å². The van der Waals surface area contributed by atoms with Crippen molar-refractivity contribution < 1.29 is 9.18 Å². The Morgan fingerprint density at radius 1 is 1.20 bits per heavy atom. The van der Waals surface area contributed by atoms with Crippen molar-refractivity contribution in [1.29, 1.82) is 0 Å². The number of urea groups is 1. The number of halogens is 1. The summed E-state index contributed by atoms with van der Waals surface area (Å²) in [6.07, 6.45) is 0. The monoisotopic (exact) mass is 279 g/mol. The van der Waals surface area contributed by atoms with Crippen LogP contribution in [0.2, 0.25) is 0 Å². The third-order valence-corrected chi connectivity index (χ3v) is 3.87. The first-order valence-corrected chi connectivity index (χ1v) is 6.95. The standard InChI is InChI=1S/C15H22FN3O/c1-12(13-6-4-5-7-14(13)16)18-8-10-19(11-9-18)15(20)17(2)3/h4-7,12H,8-11H2,1-3H3. The normalized spacial score (nSPS) is 17.9. The molecule has 2 amide bonds. The highest BCUT2D eigenvalue weighted by Crippen LogP contribution is 2.23. The predicted octanol–water partition coefficient (Wildman–Crippen LogP) is 2.19. The van der Waals surface area contributed by atoms with Gasteiger partial charge in [-0.3, -0.25) is 4.90 Å². The smallest absolute Gasteiger partial charge is 0.319 e. The van der Waals surface area contributed by atoms with Crippen LogP contribution in [0.1, 0.15) is 18.5 Å². The van der Waals surface area contributed by atoms with Gasteiger partial charge in [0.1, 0.15) is 5.82 Å². The number of carbonyl (C=O) groups excluding carboxylic acids is 1. The lowest BCUT2D eigenvalue weighted by molar-refractivity contribution is 0.101. The second-order valence-corrected chi connectivity index (χ2v) is 5.40. The van der Waals surface area contributed by atoms with Crippen LogP contribution >= 0.6 is 0 Å². The number of carbonyl (C=O) groups is 1. The third-order valence-electron chi connectivity index (χ3n) is 3.87. The van der Waals surface area contributed by atoms with Crippen molar-refractivity contribution in [1.82, 2.24) is 14.7 Å². The van der Waals surface area contributed by atoms with Gasteiger partial charge >= 0.3 is 6.03 Å². The Hall–Kier alpha value is -1.62. The van der Waals surface area contributed by atoms with Crippen molar-refractivity contribution in [2.45, 2.75) is 13.0 Å². The molecule has 1 atom stereocenters. The lowest BCUT2D eigenvalue weighted by atomic mass is 10.1. The molecule has 1 aliphatic rings. The number of nitrogens with zero attached hydrogens (tertiary/aromatic N) is 3. The first-order chi connectivity index (χ1) is 9.50. The largest absolute Gasteiger partial charge is 0.331 e. The van der Waals surface area contributed by atoms with Gasteiger partial charge in [0.05, 0.1) is 0 Å². The minimum Gasteiger partial charge on any atom is -0.331 e. The first-order valence-electron chi connectivity index (χ1n) is 6.95. The van der Waals surface area contributed by atoms with Crippen LogP contribution in [0.5, 0.6) is 0 Å². The van der Waals surface area contributed by atoms with Gasteiger partial charge in [0.25, 0.3) is 0 Å². The van der Waals surface area contributed by atoms with Gasteiger partial charge in [0.15, 0.2) is 0 Å². The third kappa shape index (κ3) is 3.10. The van der Waals surface area contributed by atoms with E-state index in [1.54, 1.807) is 25.1 Å². The fraction of sp³-hybridized carbons (Fsp3) is 0.533. The van der Waals surface area contributed by atoms with E-state index in [1.807, 2.05) is 24.0 Å². The zero-order valence-corrected chi connectivity index (χ0v) is 12.3. The fourth-order valence-electron chi connectivity index (χ4n) is 2.59. The second-order valence-electron chi connectivity index (χ2n) is 5.40. The van der Waals surface area contributed by atoms with Gasteiger partial charge in [-0.1, -0.05) is 18.2 Å². The molecule has 4 nitrogen and oxygen atoms in total. The van der Waals surface area contributed by atoms with Gasteiger partial charge in [-0.05, 0) is 13.0 Å². The van der Waals surface area contributed by atoms with Gasteiger partial charge in [-0.25, -0.2) is 9.18 Å². The van der Waals surface area contributed by atoms with Crippen LogP contribution < -0.4 is 0 Å². The molecule has 20 heavy (non-hydrogen) atoms. The summed E-state index contributed by atoms with van der Waals surface area (Å²) in [5, 5.41) is 0. The molecular weight excluding hydrogens is 257 g/mol. The number of hydrogen-bond acceptors (Lipinski definition) is 2. The summed E-state index contributed by atoms with van der Waals surface area (Å²) < 4.78 is 13.8. The SMILES string of the molecule is CC(c1ccccc1F)N1CCN(C(=O)N(C)C)CC1. The topological polar surface area (TPSA) is 26.8 Å². The fourth-order valence-corrected chi connectivity index (χ4v) is 2.59. The van der Waals surface area contributed by atoms with Gasteiger partial charge in [0, 0.05) is 51.9 Å². The minimum atomic E-state index is -0.160. The van der Waals surface area contributed by atoms with Crippen LogP contribution in [-0.4, -0.2) is 61.0 Å². The van der Waals surface area contributed by atoms with E-state index in [1.165, 1.54) is 6.07 Å². The second kappa shape index (κ2) is 6.22. The molecule has 1 aromatic carbocycles. The van der Waals surface area contributed by atoms with E-state index >= 15 is 0 Å². The molecule has 2 rings (SSSR count). The molecule has 0 bridgehead atoms. The maximum atomic E-state index is 13.8. The minimum absolute atomic E-state index is 0.0350. The molecule has 110 valence electrons. The summed E-state index contributed by atoms with van der Waals surface area (Å²) in [5.41, 5.74) is 0.722. The molecular formula is C15H22FN3O. The van der Waals surface area contributed by atoms with Crippen molar-refractivity contribution in [3.63, 3.8) is 0 Å². The zero-order chi connectivity index (χ0) is 14.7. The number of benzene rings is 1. The predicted molar refractivity (Wildman–Crippen MR) is 77.0 cm³/mol. The van der Waals surface area contributed by atoms with Gasteiger partial charge in [-0.15, -0.1) is 0 Å². The van der Waals surface area contributed by atoms with E-state index in [-0.39, 0.29) is 17.9 Å². The van der Waals surface area contributed by atoms with Gasteiger partial charge < -0.3 is 9.80 Å². The van der Waals surface area contributed by atoms with Gasteiger partial charge in [0.2, 0.25) is 0 Å². The van der Waals surface area contributed by atoms with Crippen molar-refractivity contribution in [3.8, 4) is 0 Å². The summed E-state index contributed by atoms with van der Waals surface area (Å²) >= 11 is 0. The van der Waals surface area contributed by atoms with Crippen LogP contribution in [0.4, 0.5) is 9.18 Å². The lowest BCUT2D eigenvalue weighted by Crippen LogP contribution is -2.51. The number of amides is 2. The highest BCUT2D eigenvalue weighted by atomic mass is 19.1. The maximum Gasteiger partial charge on any atom is 0.319 e. The van der Waals surface area contributed by atoms with Crippen molar-refractivity contribution in [3.05, 3.63) is 35.6 Å². The highest BCUT2D eigenvalue weighted by molar-refractivity contribution is 5.73. The molecule has 0 N–H and O–H groups in total. The zero-order valence-electron chi connectivity index (χ0n) is 12.3. The average Bonchev–Trinajstić information content (AvgIpc) is 2.46. The molecule has 0 aromatic heterocycles. The van der Waals surface area contributed by atoms with Crippen LogP contribution in [0.15, 0.2) is 24.3 Å². The molecule has 1 aromatic rings. The quantitative estimate of drug-likeness (QED) is 0.829.